The van der Waals surface area contributed by atoms with Crippen LogP contribution in [0.15, 0.2) is 18.2 Å². The first kappa shape index (κ1) is 15.5. The van der Waals surface area contributed by atoms with Gasteiger partial charge in [-0.25, -0.2) is 4.39 Å². The molecule has 0 heterocycles. The molecule has 3 heteroatoms. The Morgan fingerprint density at radius 1 is 1.33 bits per heavy atom. The highest BCUT2D eigenvalue weighted by atomic mass is 35.5. The molecule has 0 fully saturated rings. The summed E-state index contributed by atoms with van der Waals surface area (Å²) in [7, 11) is 0. The molecule has 1 atom stereocenters. The molecular weight excluding hydrogens is 249 g/mol. The summed E-state index contributed by atoms with van der Waals surface area (Å²) in [6.07, 6.45) is 4.24. The number of nitrogens with one attached hydrogen (secondary N) is 1. The third-order valence-corrected chi connectivity index (χ3v) is 3.32. The Bertz CT molecular complexity index is 366. The zero-order valence-corrected chi connectivity index (χ0v) is 12.2. The third kappa shape index (κ3) is 5.36. The van der Waals surface area contributed by atoms with Crippen molar-refractivity contribution in [2.45, 2.75) is 58.5 Å². The van der Waals surface area contributed by atoms with E-state index in [1.807, 2.05) is 0 Å². The van der Waals surface area contributed by atoms with E-state index in [1.165, 1.54) is 18.9 Å². The number of unbranched alkanes of at least 4 members (excludes halogenated alkanes) is 1. The van der Waals surface area contributed by atoms with Crippen LogP contribution in [0.4, 0.5) is 4.39 Å². The van der Waals surface area contributed by atoms with E-state index in [0.29, 0.717) is 17.1 Å². The number of rotatable bonds is 7. The standard InChI is InChI=1S/C15H23ClFN/c1-4-5-6-14(18-11(2)3)10-12-9-13(17)7-8-15(12)16/h7-9,11,14,18H,4-6,10H2,1-3H3. The van der Waals surface area contributed by atoms with Gasteiger partial charge < -0.3 is 5.32 Å². The monoisotopic (exact) mass is 271 g/mol. The zero-order valence-electron chi connectivity index (χ0n) is 11.5. The molecule has 0 spiro atoms. The van der Waals surface area contributed by atoms with Gasteiger partial charge >= 0.3 is 0 Å². The number of benzene rings is 1. The molecule has 0 aromatic heterocycles. The van der Waals surface area contributed by atoms with Crippen molar-refractivity contribution in [3.63, 3.8) is 0 Å². The third-order valence-electron chi connectivity index (χ3n) is 2.95. The maximum Gasteiger partial charge on any atom is 0.123 e. The molecular formula is C15H23ClFN. The van der Waals surface area contributed by atoms with E-state index < -0.39 is 0 Å². The van der Waals surface area contributed by atoms with Gasteiger partial charge in [0.25, 0.3) is 0 Å². The summed E-state index contributed by atoms with van der Waals surface area (Å²) < 4.78 is 13.2. The van der Waals surface area contributed by atoms with Crippen LogP contribution in [0.3, 0.4) is 0 Å². The fraction of sp³-hybridized carbons (Fsp3) is 0.600. The predicted molar refractivity (Wildman–Crippen MR) is 76.7 cm³/mol. The zero-order chi connectivity index (χ0) is 13.5. The van der Waals surface area contributed by atoms with E-state index in [0.717, 1.165) is 18.4 Å². The van der Waals surface area contributed by atoms with Crippen LogP contribution in [0.2, 0.25) is 5.02 Å². The molecule has 1 unspecified atom stereocenters. The highest BCUT2D eigenvalue weighted by Gasteiger charge is 2.13. The van der Waals surface area contributed by atoms with Gasteiger partial charge in [-0.15, -0.1) is 0 Å². The summed E-state index contributed by atoms with van der Waals surface area (Å²) in [6.45, 7) is 6.44. The summed E-state index contributed by atoms with van der Waals surface area (Å²) in [6, 6.07) is 5.38. The van der Waals surface area contributed by atoms with E-state index in [-0.39, 0.29) is 5.82 Å². The Hall–Kier alpha value is -0.600. The van der Waals surface area contributed by atoms with Gasteiger partial charge in [0.15, 0.2) is 0 Å². The summed E-state index contributed by atoms with van der Waals surface area (Å²) in [5.74, 6) is -0.215. The van der Waals surface area contributed by atoms with Gasteiger partial charge in [0.2, 0.25) is 0 Å². The van der Waals surface area contributed by atoms with Gasteiger partial charge in [0.1, 0.15) is 5.82 Å². The average molecular weight is 272 g/mol. The predicted octanol–water partition coefficient (Wildman–Crippen LogP) is 4.58. The first-order valence-corrected chi connectivity index (χ1v) is 7.10. The molecule has 0 radical (unpaired) electrons. The molecule has 0 saturated heterocycles. The minimum Gasteiger partial charge on any atom is -0.311 e. The Morgan fingerprint density at radius 3 is 2.67 bits per heavy atom. The van der Waals surface area contributed by atoms with Crippen molar-refractivity contribution in [3.8, 4) is 0 Å². The lowest BCUT2D eigenvalue weighted by molar-refractivity contribution is 0.424. The second-order valence-electron chi connectivity index (χ2n) is 5.10. The molecule has 1 aromatic rings. The van der Waals surface area contributed by atoms with Crippen molar-refractivity contribution < 1.29 is 4.39 Å². The molecule has 1 nitrogen and oxygen atoms in total. The quantitative estimate of drug-likeness (QED) is 0.765. The van der Waals surface area contributed by atoms with Crippen LogP contribution in [0.5, 0.6) is 0 Å². The number of halogens is 2. The fourth-order valence-electron chi connectivity index (χ4n) is 2.13. The Kier molecular flexibility index (Phi) is 6.66. The van der Waals surface area contributed by atoms with Crippen molar-refractivity contribution in [1.29, 1.82) is 0 Å². The lowest BCUT2D eigenvalue weighted by Gasteiger charge is -2.21. The molecule has 0 aliphatic carbocycles. The molecule has 0 amide bonds. The maximum absolute atomic E-state index is 13.2. The van der Waals surface area contributed by atoms with Gasteiger partial charge in [-0.05, 0) is 36.6 Å². The Morgan fingerprint density at radius 2 is 2.06 bits per heavy atom. The van der Waals surface area contributed by atoms with Gasteiger partial charge in [-0.1, -0.05) is 45.2 Å². The minimum absolute atomic E-state index is 0.215. The van der Waals surface area contributed by atoms with Crippen LogP contribution < -0.4 is 5.32 Å². The molecule has 0 aliphatic heterocycles. The first-order valence-electron chi connectivity index (χ1n) is 6.73. The van der Waals surface area contributed by atoms with Crippen LogP contribution in [-0.4, -0.2) is 12.1 Å². The van der Waals surface area contributed by atoms with Gasteiger partial charge in [-0.3, -0.25) is 0 Å². The molecule has 102 valence electrons. The van der Waals surface area contributed by atoms with Crippen molar-refractivity contribution in [1.82, 2.24) is 5.32 Å². The van der Waals surface area contributed by atoms with Crippen LogP contribution in [-0.2, 0) is 6.42 Å². The van der Waals surface area contributed by atoms with E-state index in [1.54, 1.807) is 12.1 Å². The fourth-order valence-corrected chi connectivity index (χ4v) is 2.33. The lowest BCUT2D eigenvalue weighted by atomic mass is 10.00. The molecule has 0 aliphatic rings. The van der Waals surface area contributed by atoms with Crippen molar-refractivity contribution >= 4 is 11.6 Å². The van der Waals surface area contributed by atoms with E-state index >= 15 is 0 Å². The second-order valence-corrected chi connectivity index (χ2v) is 5.51. The first-order chi connectivity index (χ1) is 8.52. The van der Waals surface area contributed by atoms with Crippen molar-refractivity contribution in [2.75, 3.05) is 0 Å². The van der Waals surface area contributed by atoms with Crippen LogP contribution in [0, 0.1) is 5.82 Å². The van der Waals surface area contributed by atoms with Crippen LogP contribution in [0.1, 0.15) is 45.6 Å². The summed E-state index contributed by atoms with van der Waals surface area (Å²) >= 11 is 6.12. The van der Waals surface area contributed by atoms with E-state index in [9.17, 15) is 4.39 Å². The molecule has 1 rings (SSSR count). The van der Waals surface area contributed by atoms with E-state index in [4.69, 9.17) is 11.6 Å². The second kappa shape index (κ2) is 7.75. The molecule has 18 heavy (non-hydrogen) atoms. The number of hydrogen-bond acceptors (Lipinski definition) is 1. The Labute approximate surface area is 115 Å². The lowest BCUT2D eigenvalue weighted by Crippen LogP contribution is -2.36. The molecule has 1 aromatic carbocycles. The smallest absolute Gasteiger partial charge is 0.123 e. The summed E-state index contributed by atoms with van der Waals surface area (Å²) in [5, 5.41) is 4.18. The van der Waals surface area contributed by atoms with Gasteiger partial charge in [-0.2, -0.15) is 0 Å². The summed E-state index contributed by atoms with van der Waals surface area (Å²) in [4.78, 5) is 0. The normalized spacial score (nSPS) is 13.0. The summed E-state index contributed by atoms with van der Waals surface area (Å²) in [5.41, 5.74) is 0.894. The van der Waals surface area contributed by atoms with Gasteiger partial charge in [0.05, 0.1) is 0 Å². The highest BCUT2D eigenvalue weighted by Crippen LogP contribution is 2.20. The molecule has 0 saturated carbocycles. The van der Waals surface area contributed by atoms with Crippen LogP contribution in [0.25, 0.3) is 0 Å². The average Bonchev–Trinajstić information content (AvgIpc) is 2.30. The highest BCUT2D eigenvalue weighted by molar-refractivity contribution is 6.31. The van der Waals surface area contributed by atoms with E-state index in [2.05, 4.69) is 26.1 Å². The SMILES string of the molecule is CCCCC(Cc1cc(F)ccc1Cl)NC(C)C. The largest absolute Gasteiger partial charge is 0.311 e. The Balaban J connectivity index is 2.71. The maximum atomic E-state index is 13.2. The minimum atomic E-state index is -0.215. The number of hydrogen-bond donors (Lipinski definition) is 1. The van der Waals surface area contributed by atoms with Crippen molar-refractivity contribution in [3.05, 3.63) is 34.6 Å². The van der Waals surface area contributed by atoms with Gasteiger partial charge in [0, 0.05) is 17.1 Å². The van der Waals surface area contributed by atoms with Crippen LogP contribution >= 0.6 is 11.6 Å². The topological polar surface area (TPSA) is 12.0 Å². The van der Waals surface area contributed by atoms with Crippen molar-refractivity contribution in [2.24, 2.45) is 0 Å². The molecule has 1 N–H and O–H groups in total. The molecule has 0 bridgehead atoms.